The molecule has 0 aliphatic carbocycles. The lowest BCUT2D eigenvalue weighted by Crippen LogP contribution is -2.36. The SMILES string of the molecule is CN(N)C(=O)c1ccc(C#Cc2ccc3c(c2)C(=O)N(N)C3=O)cc1C=O. The highest BCUT2D eigenvalue weighted by molar-refractivity contribution is 6.21. The standard InChI is InChI=1S/C19H14N4O4/c1-22(20)17(25)14-6-4-11(8-13(14)10-24)2-3-12-5-7-15-16(9-12)19(27)23(21)18(15)26/h4-10H,20-21H2,1H3. The maximum Gasteiger partial charge on any atom is 0.275 e. The van der Waals surface area contributed by atoms with Crippen molar-refractivity contribution in [1.82, 2.24) is 10.0 Å². The van der Waals surface area contributed by atoms with Crippen molar-refractivity contribution in [2.24, 2.45) is 11.7 Å². The highest BCUT2D eigenvalue weighted by Crippen LogP contribution is 2.21. The Kier molecular flexibility index (Phi) is 4.56. The topological polar surface area (TPSA) is 127 Å². The predicted molar refractivity (Wildman–Crippen MR) is 95.2 cm³/mol. The highest BCUT2D eigenvalue weighted by atomic mass is 16.2. The molecule has 0 radical (unpaired) electrons. The van der Waals surface area contributed by atoms with Gasteiger partial charge in [-0.2, -0.15) is 0 Å². The molecule has 1 aliphatic rings. The van der Waals surface area contributed by atoms with Crippen molar-refractivity contribution in [3.05, 3.63) is 69.8 Å². The maximum atomic E-state index is 11.9. The van der Waals surface area contributed by atoms with Gasteiger partial charge in [-0.1, -0.05) is 11.8 Å². The largest absolute Gasteiger partial charge is 0.298 e. The zero-order chi connectivity index (χ0) is 19.7. The first-order valence-electron chi connectivity index (χ1n) is 7.75. The molecule has 134 valence electrons. The zero-order valence-electron chi connectivity index (χ0n) is 14.2. The van der Waals surface area contributed by atoms with Crippen molar-refractivity contribution in [3.63, 3.8) is 0 Å². The molecule has 4 N–H and O–H groups in total. The van der Waals surface area contributed by atoms with E-state index in [4.69, 9.17) is 11.7 Å². The van der Waals surface area contributed by atoms with Crippen molar-refractivity contribution in [2.45, 2.75) is 0 Å². The first kappa shape index (κ1) is 18.0. The minimum absolute atomic E-state index is 0.164. The van der Waals surface area contributed by atoms with Crippen LogP contribution in [0.2, 0.25) is 0 Å². The lowest BCUT2D eigenvalue weighted by Gasteiger charge is -2.11. The summed E-state index contributed by atoms with van der Waals surface area (Å²) in [5.74, 6) is 14.9. The van der Waals surface area contributed by atoms with E-state index in [1.807, 2.05) is 0 Å². The van der Waals surface area contributed by atoms with Crippen LogP contribution in [0.3, 0.4) is 0 Å². The van der Waals surface area contributed by atoms with Crippen molar-refractivity contribution >= 4 is 24.0 Å². The van der Waals surface area contributed by atoms with Gasteiger partial charge in [0.1, 0.15) is 0 Å². The molecule has 0 spiro atoms. The van der Waals surface area contributed by atoms with E-state index < -0.39 is 17.7 Å². The van der Waals surface area contributed by atoms with Gasteiger partial charge in [-0.05, 0) is 36.4 Å². The summed E-state index contributed by atoms with van der Waals surface area (Å²) in [4.78, 5) is 46.9. The molecule has 0 atom stereocenters. The lowest BCUT2D eigenvalue weighted by atomic mass is 10.0. The van der Waals surface area contributed by atoms with E-state index in [1.165, 1.54) is 31.3 Å². The number of benzene rings is 2. The first-order valence-corrected chi connectivity index (χ1v) is 7.75. The van der Waals surface area contributed by atoms with Gasteiger partial charge >= 0.3 is 0 Å². The van der Waals surface area contributed by atoms with Crippen LogP contribution in [0.4, 0.5) is 0 Å². The fourth-order valence-electron chi connectivity index (χ4n) is 2.60. The Bertz CT molecular complexity index is 1060. The fourth-order valence-corrected chi connectivity index (χ4v) is 2.60. The highest BCUT2D eigenvalue weighted by Gasteiger charge is 2.33. The molecule has 0 fully saturated rings. The van der Waals surface area contributed by atoms with Gasteiger partial charge in [0, 0.05) is 23.7 Å². The van der Waals surface area contributed by atoms with Crippen LogP contribution in [0.25, 0.3) is 0 Å². The number of hydrogen-bond acceptors (Lipinski definition) is 6. The monoisotopic (exact) mass is 362 g/mol. The summed E-state index contributed by atoms with van der Waals surface area (Å²) in [5.41, 5.74) is 1.75. The second kappa shape index (κ2) is 6.84. The van der Waals surface area contributed by atoms with Crippen LogP contribution in [0.15, 0.2) is 36.4 Å². The van der Waals surface area contributed by atoms with Gasteiger partial charge in [-0.15, -0.1) is 0 Å². The van der Waals surface area contributed by atoms with Crippen LogP contribution in [-0.4, -0.2) is 41.1 Å². The molecule has 3 rings (SSSR count). The van der Waals surface area contributed by atoms with Gasteiger partial charge in [0.05, 0.1) is 16.7 Å². The summed E-state index contributed by atoms with van der Waals surface area (Å²) in [6, 6.07) is 9.09. The molecule has 27 heavy (non-hydrogen) atoms. The van der Waals surface area contributed by atoms with E-state index in [-0.39, 0.29) is 22.3 Å². The van der Waals surface area contributed by atoms with Crippen LogP contribution in [0, 0.1) is 11.8 Å². The maximum absolute atomic E-state index is 11.9. The number of fused-ring (bicyclic) bond motifs is 1. The average molecular weight is 362 g/mol. The Hall–Kier alpha value is -3.80. The number of amides is 3. The Morgan fingerprint density at radius 2 is 1.63 bits per heavy atom. The molecule has 8 nitrogen and oxygen atoms in total. The van der Waals surface area contributed by atoms with E-state index >= 15 is 0 Å². The molecule has 0 saturated heterocycles. The lowest BCUT2D eigenvalue weighted by molar-refractivity contribution is 0.0653. The number of carbonyl (C=O) groups excluding carboxylic acids is 4. The molecule has 8 heteroatoms. The summed E-state index contributed by atoms with van der Waals surface area (Å²) in [6.07, 6.45) is 0.553. The molecule has 0 aromatic heterocycles. The summed E-state index contributed by atoms with van der Waals surface area (Å²) in [6.45, 7) is 0. The van der Waals surface area contributed by atoms with Gasteiger partial charge in [0.15, 0.2) is 6.29 Å². The second-order valence-electron chi connectivity index (χ2n) is 5.83. The summed E-state index contributed by atoms with van der Waals surface area (Å²) < 4.78 is 0. The molecule has 2 aromatic carbocycles. The first-order chi connectivity index (χ1) is 12.8. The van der Waals surface area contributed by atoms with E-state index in [0.717, 1.165) is 5.01 Å². The number of rotatable bonds is 2. The number of nitrogens with zero attached hydrogens (tertiary/aromatic N) is 2. The Morgan fingerprint density at radius 1 is 1.04 bits per heavy atom. The molecule has 0 unspecified atom stereocenters. The Labute approximate surface area is 154 Å². The molecule has 3 amide bonds. The summed E-state index contributed by atoms with van der Waals surface area (Å²) in [7, 11) is 1.38. The van der Waals surface area contributed by atoms with Gasteiger partial charge in [-0.25, -0.2) is 16.7 Å². The third kappa shape index (κ3) is 3.20. The average Bonchev–Trinajstić information content (AvgIpc) is 2.89. The molecule has 2 aromatic rings. The number of hydrazine groups is 2. The van der Waals surface area contributed by atoms with Crippen LogP contribution >= 0.6 is 0 Å². The summed E-state index contributed by atoms with van der Waals surface area (Å²) >= 11 is 0. The molecule has 0 bridgehead atoms. The molecular formula is C19H14N4O4. The van der Waals surface area contributed by atoms with Crippen molar-refractivity contribution in [1.29, 1.82) is 0 Å². The molecular weight excluding hydrogens is 348 g/mol. The zero-order valence-corrected chi connectivity index (χ0v) is 14.2. The third-order valence-corrected chi connectivity index (χ3v) is 4.00. The number of nitrogens with two attached hydrogens (primary N) is 2. The predicted octanol–water partition coefficient (Wildman–Crippen LogP) is 0.314. The molecule has 1 aliphatic heterocycles. The minimum Gasteiger partial charge on any atom is -0.298 e. The second-order valence-corrected chi connectivity index (χ2v) is 5.83. The molecule has 1 heterocycles. The van der Waals surface area contributed by atoms with Crippen LogP contribution < -0.4 is 11.7 Å². The van der Waals surface area contributed by atoms with Gasteiger partial charge in [-0.3, -0.25) is 24.2 Å². The number of imide groups is 1. The third-order valence-electron chi connectivity index (χ3n) is 4.00. The Morgan fingerprint density at radius 3 is 2.26 bits per heavy atom. The van der Waals surface area contributed by atoms with Crippen molar-refractivity contribution in [2.75, 3.05) is 7.05 Å². The smallest absolute Gasteiger partial charge is 0.275 e. The van der Waals surface area contributed by atoms with E-state index in [9.17, 15) is 19.2 Å². The van der Waals surface area contributed by atoms with Gasteiger partial charge in [0.2, 0.25) is 0 Å². The fraction of sp³-hybridized carbons (Fsp3) is 0.0526. The molecule has 0 saturated carbocycles. The van der Waals surface area contributed by atoms with Gasteiger partial charge < -0.3 is 0 Å². The van der Waals surface area contributed by atoms with E-state index in [0.29, 0.717) is 22.4 Å². The van der Waals surface area contributed by atoms with Gasteiger partial charge in [0.25, 0.3) is 17.7 Å². The van der Waals surface area contributed by atoms with Crippen LogP contribution in [0.1, 0.15) is 52.6 Å². The summed E-state index contributed by atoms with van der Waals surface area (Å²) in [5, 5.41) is 1.44. The minimum atomic E-state index is -0.587. The van der Waals surface area contributed by atoms with E-state index in [1.54, 1.807) is 12.1 Å². The van der Waals surface area contributed by atoms with Crippen molar-refractivity contribution < 1.29 is 19.2 Å². The van der Waals surface area contributed by atoms with E-state index in [2.05, 4.69) is 11.8 Å². The van der Waals surface area contributed by atoms with Crippen molar-refractivity contribution in [3.8, 4) is 11.8 Å². The number of hydrogen-bond donors (Lipinski definition) is 2. The number of aldehydes is 1. The quantitative estimate of drug-likeness (QED) is 0.198. The van der Waals surface area contributed by atoms with Crippen LogP contribution in [-0.2, 0) is 0 Å². The normalized spacial score (nSPS) is 12.3. The van der Waals surface area contributed by atoms with Crippen LogP contribution in [0.5, 0.6) is 0 Å². The Balaban J connectivity index is 1.93. The number of carbonyl (C=O) groups is 4.